The van der Waals surface area contributed by atoms with Gasteiger partial charge in [-0.3, -0.25) is 4.79 Å². The number of carbonyl (C=O) groups is 1. The van der Waals surface area contributed by atoms with Crippen molar-refractivity contribution in [3.63, 3.8) is 0 Å². The van der Waals surface area contributed by atoms with Crippen molar-refractivity contribution in [2.24, 2.45) is 0 Å². The van der Waals surface area contributed by atoms with Crippen LogP contribution in [0.5, 0.6) is 11.5 Å². The molecule has 1 heterocycles. The van der Waals surface area contributed by atoms with E-state index in [4.69, 9.17) is 9.47 Å². The van der Waals surface area contributed by atoms with Gasteiger partial charge in [0.05, 0.1) is 4.90 Å². The Morgan fingerprint density at radius 1 is 1.09 bits per heavy atom. The van der Waals surface area contributed by atoms with Gasteiger partial charge >= 0.3 is 0 Å². The van der Waals surface area contributed by atoms with E-state index in [0.29, 0.717) is 23.6 Å². The number of amides is 1. The molecule has 0 bridgehead atoms. The number of carbonyl (C=O) groups excluding carboxylic acids is 1. The van der Waals surface area contributed by atoms with E-state index in [-0.39, 0.29) is 17.6 Å². The van der Waals surface area contributed by atoms with E-state index >= 15 is 0 Å². The molecule has 2 aromatic rings. The summed E-state index contributed by atoms with van der Waals surface area (Å²) in [6, 6.07) is 11.3. The number of hydrogen-bond acceptors (Lipinski definition) is 5. The van der Waals surface area contributed by atoms with Crippen molar-refractivity contribution in [3.05, 3.63) is 53.6 Å². The molecule has 0 aromatic heterocycles. The van der Waals surface area contributed by atoms with Gasteiger partial charge in [-0.15, -0.1) is 0 Å². The van der Waals surface area contributed by atoms with Crippen molar-refractivity contribution >= 4 is 15.7 Å². The number of rotatable bonds is 4. The van der Waals surface area contributed by atoms with Crippen LogP contribution in [0.25, 0.3) is 0 Å². The monoisotopic (exact) mass is 333 g/mol. The fourth-order valence-electron chi connectivity index (χ4n) is 2.19. The predicted octanol–water partition coefficient (Wildman–Crippen LogP) is 1.75. The zero-order chi connectivity index (χ0) is 16.4. The van der Waals surface area contributed by atoms with E-state index in [1.54, 1.807) is 6.07 Å². The Labute approximate surface area is 134 Å². The summed E-state index contributed by atoms with van der Waals surface area (Å²) in [5.41, 5.74) is 1.29. The zero-order valence-electron chi connectivity index (χ0n) is 12.4. The van der Waals surface area contributed by atoms with Crippen LogP contribution in [0, 0.1) is 0 Å². The van der Waals surface area contributed by atoms with Gasteiger partial charge < -0.3 is 14.8 Å². The lowest BCUT2D eigenvalue weighted by Crippen LogP contribution is -2.22. The molecular formula is C16H15NO5S. The number of nitrogens with one attached hydrogen (secondary N) is 1. The Hall–Kier alpha value is -2.54. The van der Waals surface area contributed by atoms with Crippen molar-refractivity contribution in [2.75, 3.05) is 13.0 Å². The van der Waals surface area contributed by atoms with Crippen LogP contribution in [-0.2, 0) is 16.4 Å². The van der Waals surface area contributed by atoms with Crippen molar-refractivity contribution in [1.29, 1.82) is 0 Å². The molecule has 0 saturated heterocycles. The van der Waals surface area contributed by atoms with Gasteiger partial charge in [-0.2, -0.15) is 0 Å². The van der Waals surface area contributed by atoms with Gasteiger partial charge in [0.25, 0.3) is 5.91 Å². The molecule has 7 heteroatoms. The van der Waals surface area contributed by atoms with Crippen LogP contribution >= 0.6 is 0 Å². The fraction of sp³-hybridized carbons (Fsp3) is 0.188. The Morgan fingerprint density at radius 2 is 1.78 bits per heavy atom. The third-order valence-electron chi connectivity index (χ3n) is 3.43. The Morgan fingerprint density at radius 3 is 2.48 bits per heavy atom. The first-order chi connectivity index (χ1) is 10.9. The molecule has 6 nitrogen and oxygen atoms in total. The molecule has 1 aliphatic heterocycles. The molecule has 2 aromatic carbocycles. The second-order valence-electron chi connectivity index (χ2n) is 5.17. The third-order valence-corrected chi connectivity index (χ3v) is 4.56. The Balaban J connectivity index is 1.65. The summed E-state index contributed by atoms with van der Waals surface area (Å²) in [6.07, 6.45) is 1.13. The molecule has 0 atom stereocenters. The van der Waals surface area contributed by atoms with Crippen molar-refractivity contribution in [1.82, 2.24) is 5.32 Å². The van der Waals surface area contributed by atoms with E-state index in [9.17, 15) is 13.2 Å². The summed E-state index contributed by atoms with van der Waals surface area (Å²) in [7, 11) is -3.26. The van der Waals surface area contributed by atoms with Crippen molar-refractivity contribution in [3.8, 4) is 11.5 Å². The summed E-state index contributed by atoms with van der Waals surface area (Å²) in [5, 5.41) is 2.78. The molecule has 0 spiro atoms. The molecule has 1 amide bonds. The predicted molar refractivity (Wildman–Crippen MR) is 83.3 cm³/mol. The van der Waals surface area contributed by atoms with Gasteiger partial charge in [0.1, 0.15) is 0 Å². The molecule has 23 heavy (non-hydrogen) atoms. The summed E-state index contributed by atoms with van der Waals surface area (Å²) in [6.45, 7) is 0.543. The van der Waals surface area contributed by atoms with Crippen molar-refractivity contribution in [2.45, 2.75) is 11.4 Å². The minimum Gasteiger partial charge on any atom is -0.454 e. The normalized spacial score (nSPS) is 12.9. The third kappa shape index (κ3) is 3.45. The smallest absolute Gasteiger partial charge is 0.251 e. The van der Waals surface area contributed by atoms with Crippen LogP contribution in [0.1, 0.15) is 15.9 Å². The number of ether oxygens (including phenoxy) is 2. The maximum Gasteiger partial charge on any atom is 0.251 e. The lowest BCUT2D eigenvalue weighted by Gasteiger charge is -2.07. The largest absolute Gasteiger partial charge is 0.454 e. The second-order valence-corrected chi connectivity index (χ2v) is 7.18. The summed E-state index contributed by atoms with van der Waals surface area (Å²) < 4.78 is 33.3. The summed E-state index contributed by atoms with van der Waals surface area (Å²) in [4.78, 5) is 12.3. The number of sulfone groups is 1. The SMILES string of the molecule is CS(=O)(=O)c1ccc(C(=O)NCc2ccc3c(c2)OCO3)cc1. The highest BCUT2D eigenvalue weighted by Gasteiger charge is 2.14. The Kier molecular flexibility index (Phi) is 3.96. The van der Waals surface area contributed by atoms with Gasteiger partial charge in [-0.05, 0) is 42.0 Å². The van der Waals surface area contributed by atoms with Gasteiger partial charge in [-0.25, -0.2) is 8.42 Å². The second kappa shape index (κ2) is 5.92. The van der Waals surface area contributed by atoms with E-state index < -0.39 is 9.84 Å². The molecule has 0 unspecified atom stereocenters. The van der Waals surface area contributed by atoms with E-state index in [1.807, 2.05) is 12.1 Å². The summed E-state index contributed by atoms with van der Waals surface area (Å²) in [5.74, 6) is 1.08. The molecule has 1 aliphatic rings. The molecule has 0 aliphatic carbocycles. The lowest BCUT2D eigenvalue weighted by molar-refractivity contribution is 0.0950. The molecular weight excluding hydrogens is 318 g/mol. The number of hydrogen-bond donors (Lipinski definition) is 1. The molecule has 3 rings (SSSR count). The van der Waals surface area contributed by atoms with Crippen molar-refractivity contribution < 1.29 is 22.7 Å². The van der Waals surface area contributed by atoms with Crippen LogP contribution in [0.4, 0.5) is 0 Å². The maximum absolute atomic E-state index is 12.1. The molecule has 120 valence electrons. The quantitative estimate of drug-likeness (QED) is 0.922. The first-order valence-electron chi connectivity index (χ1n) is 6.90. The number of fused-ring (bicyclic) bond motifs is 1. The van der Waals surface area contributed by atoms with Crippen LogP contribution in [0.3, 0.4) is 0 Å². The molecule has 0 fully saturated rings. The first kappa shape index (κ1) is 15.4. The van der Waals surface area contributed by atoms with E-state index in [1.165, 1.54) is 24.3 Å². The highest BCUT2D eigenvalue weighted by Crippen LogP contribution is 2.32. The minimum absolute atomic E-state index is 0.185. The van der Waals surface area contributed by atoms with Crippen LogP contribution < -0.4 is 14.8 Å². The minimum atomic E-state index is -3.26. The Bertz CT molecular complexity index is 843. The maximum atomic E-state index is 12.1. The van der Waals surface area contributed by atoms with Gasteiger partial charge in [0.2, 0.25) is 6.79 Å². The topological polar surface area (TPSA) is 81.7 Å². The van der Waals surface area contributed by atoms with Gasteiger partial charge in [0, 0.05) is 18.4 Å². The van der Waals surface area contributed by atoms with Crippen LogP contribution in [0.15, 0.2) is 47.4 Å². The molecule has 1 N–H and O–H groups in total. The first-order valence-corrected chi connectivity index (χ1v) is 8.79. The lowest BCUT2D eigenvalue weighted by atomic mass is 10.2. The average molecular weight is 333 g/mol. The van der Waals surface area contributed by atoms with Gasteiger partial charge in [-0.1, -0.05) is 6.07 Å². The highest BCUT2D eigenvalue weighted by atomic mass is 32.2. The fourth-order valence-corrected chi connectivity index (χ4v) is 2.82. The van der Waals surface area contributed by atoms with Crippen LogP contribution in [0.2, 0.25) is 0 Å². The molecule has 0 saturated carbocycles. The van der Waals surface area contributed by atoms with E-state index in [0.717, 1.165) is 11.8 Å². The molecule has 0 radical (unpaired) electrons. The van der Waals surface area contributed by atoms with Gasteiger partial charge in [0.15, 0.2) is 21.3 Å². The van der Waals surface area contributed by atoms with E-state index in [2.05, 4.69) is 5.32 Å². The zero-order valence-corrected chi connectivity index (χ0v) is 13.2. The highest BCUT2D eigenvalue weighted by molar-refractivity contribution is 7.90. The number of benzene rings is 2. The standard InChI is InChI=1S/C16H15NO5S/c1-23(19,20)13-5-3-12(4-6-13)16(18)17-9-11-2-7-14-15(8-11)22-10-21-14/h2-8H,9-10H2,1H3,(H,17,18). The van der Waals surface area contributed by atoms with Crippen LogP contribution in [-0.4, -0.2) is 27.4 Å². The summed E-state index contributed by atoms with van der Waals surface area (Å²) >= 11 is 0. The average Bonchev–Trinajstić information content (AvgIpc) is 2.99.